The first-order chi connectivity index (χ1) is 9.62. The molecular weight excluding hydrogens is 291 g/mol. The van der Waals surface area contributed by atoms with E-state index < -0.39 is 24.0 Å². The standard InChI is InChI=1S/C17H32O4.Na/c1-6-7-8-9-10-11-12-17(5,16(2,3)4)21-15(20)13-14(18)19;/h6-13H2,1-5H3,(H,18,19);/q;+1/p-1. The first-order valence-corrected chi connectivity index (χ1v) is 8.04. The summed E-state index contributed by atoms with van der Waals surface area (Å²) in [6.45, 7) is 10.1. The molecule has 0 amide bonds. The van der Waals surface area contributed by atoms with E-state index in [0.717, 1.165) is 19.3 Å². The fourth-order valence-corrected chi connectivity index (χ4v) is 2.23. The van der Waals surface area contributed by atoms with Crippen molar-refractivity contribution in [2.24, 2.45) is 5.41 Å². The molecule has 0 spiro atoms. The fraction of sp³-hybridized carbons (Fsp3) is 0.882. The van der Waals surface area contributed by atoms with Gasteiger partial charge in [0.25, 0.3) is 0 Å². The van der Waals surface area contributed by atoms with Crippen molar-refractivity contribution in [2.75, 3.05) is 0 Å². The number of rotatable bonds is 10. The Morgan fingerprint density at radius 3 is 1.91 bits per heavy atom. The van der Waals surface area contributed by atoms with Crippen LogP contribution in [0.3, 0.4) is 0 Å². The van der Waals surface area contributed by atoms with Gasteiger partial charge in [0, 0.05) is 5.41 Å². The van der Waals surface area contributed by atoms with Crippen LogP contribution in [0.4, 0.5) is 0 Å². The smallest absolute Gasteiger partial charge is 0.550 e. The first kappa shape index (κ1) is 24.2. The molecule has 0 aromatic heterocycles. The Kier molecular flexibility index (Phi) is 12.6. The summed E-state index contributed by atoms with van der Waals surface area (Å²) in [5.74, 6) is -2.10. The van der Waals surface area contributed by atoms with E-state index in [-0.39, 0.29) is 35.0 Å². The first-order valence-electron chi connectivity index (χ1n) is 8.04. The fourth-order valence-electron chi connectivity index (χ4n) is 2.23. The van der Waals surface area contributed by atoms with Gasteiger partial charge in [0.2, 0.25) is 0 Å². The van der Waals surface area contributed by atoms with Gasteiger partial charge < -0.3 is 14.6 Å². The van der Waals surface area contributed by atoms with E-state index in [0.29, 0.717) is 0 Å². The number of hydrogen-bond donors (Lipinski definition) is 0. The minimum absolute atomic E-state index is 0. The summed E-state index contributed by atoms with van der Waals surface area (Å²) in [4.78, 5) is 22.1. The molecule has 0 aliphatic rings. The molecule has 4 nitrogen and oxygen atoms in total. The zero-order chi connectivity index (χ0) is 16.5. The van der Waals surface area contributed by atoms with Crippen LogP contribution in [-0.4, -0.2) is 17.5 Å². The molecule has 0 rings (SSSR count). The monoisotopic (exact) mass is 322 g/mol. The van der Waals surface area contributed by atoms with Gasteiger partial charge >= 0.3 is 35.5 Å². The number of esters is 1. The second kappa shape index (κ2) is 11.5. The van der Waals surface area contributed by atoms with Crippen molar-refractivity contribution in [3.63, 3.8) is 0 Å². The number of carboxylic acid groups (broad SMARTS) is 1. The molecule has 0 aliphatic heterocycles. The van der Waals surface area contributed by atoms with Crippen molar-refractivity contribution in [3.8, 4) is 0 Å². The van der Waals surface area contributed by atoms with Crippen molar-refractivity contribution >= 4 is 11.9 Å². The van der Waals surface area contributed by atoms with Gasteiger partial charge in [-0.1, -0.05) is 59.8 Å². The molecule has 0 saturated heterocycles. The molecule has 1 atom stereocenters. The predicted molar refractivity (Wildman–Crippen MR) is 81.6 cm³/mol. The van der Waals surface area contributed by atoms with Gasteiger partial charge in [-0.05, 0) is 19.8 Å². The summed E-state index contributed by atoms with van der Waals surface area (Å²) in [6, 6.07) is 0. The van der Waals surface area contributed by atoms with Gasteiger partial charge in [0.15, 0.2) is 0 Å². The number of ether oxygens (including phenoxy) is 1. The van der Waals surface area contributed by atoms with Gasteiger partial charge in [-0.3, -0.25) is 4.79 Å². The van der Waals surface area contributed by atoms with E-state index in [4.69, 9.17) is 4.74 Å². The van der Waals surface area contributed by atoms with E-state index in [1.54, 1.807) is 0 Å². The average Bonchev–Trinajstić information content (AvgIpc) is 2.31. The molecule has 22 heavy (non-hydrogen) atoms. The summed E-state index contributed by atoms with van der Waals surface area (Å²) < 4.78 is 5.48. The van der Waals surface area contributed by atoms with Gasteiger partial charge in [-0.15, -0.1) is 0 Å². The van der Waals surface area contributed by atoms with Crippen LogP contribution >= 0.6 is 0 Å². The molecular formula is C17H31NaO4. The summed E-state index contributed by atoms with van der Waals surface area (Å²) in [5, 5.41) is 10.5. The zero-order valence-corrected chi connectivity index (χ0v) is 17.3. The zero-order valence-electron chi connectivity index (χ0n) is 15.3. The Morgan fingerprint density at radius 1 is 0.955 bits per heavy atom. The van der Waals surface area contributed by atoms with Crippen molar-refractivity contribution in [1.29, 1.82) is 0 Å². The molecule has 1 unspecified atom stereocenters. The molecule has 0 aliphatic carbocycles. The van der Waals surface area contributed by atoms with E-state index in [1.165, 1.54) is 25.7 Å². The summed E-state index contributed by atoms with van der Waals surface area (Å²) in [6.07, 6.45) is 7.09. The quantitative estimate of drug-likeness (QED) is 0.250. The Morgan fingerprint density at radius 2 is 1.45 bits per heavy atom. The molecule has 0 heterocycles. The molecule has 0 aromatic rings. The van der Waals surface area contributed by atoms with Crippen molar-refractivity contribution < 1.29 is 49.0 Å². The number of carbonyl (C=O) groups excluding carboxylic acids is 2. The summed E-state index contributed by atoms with van der Waals surface area (Å²) in [7, 11) is 0. The van der Waals surface area contributed by atoms with Crippen LogP contribution < -0.4 is 34.7 Å². The number of carbonyl (C=O) groups is 2. The van der Waals surface area contributed by atoms with Crippen LogP contribution in [0.1, 0.15) is 86.0 Å². The number of aliphatic carboxylic acids is 1. The van der Waals surface area contributed by atoms with Crippen LogP contribution in [0.5, 0.6) is 0 Å². The summed E-state index contributed by atoms with van der Waals surface area (Å²) >= 11 is 0. The molecule has 0 aromatic carbocycles. The number of carboxylic acids is 1. The minimum atomic E-state index is -1.39. The van der Waals surface area contributed by atoms with Crippen LogP contribution in [-0.2, 0) is 14.3 Å². The topological polar surface area (TPSA) is 66.4 Å². The third-order valence-electron chi connectivity index (χ3n) is 4.22. The molecule has 0 fully saturated rings. The van der Waals surface area contributed by atoms with Crippen molar-refractivity contribution in [2.45, 2.75) is 91.6 Å². The van der Waals surface area contributed by atoms with E-state index in [1.807, 2.05) is 27.7 Å². The molecule has 0 N–H and O–H groups in total. The van der Waals surface area contributed by atoms with E-state index >= 15 is 0 Å². The van der Waals surface area contributed by atoms with Crippen molar-refractivity contribution in [1.82, 2.24) is 0 Å². The Bertz CT molecular complexity index is 336. The second-order valence-corrected chi connectivity index (χ2v) is 7.02. The third kappa shape index (κ3) is 9.86. The Hall–Kier alpha value is -0.0600. The van der Waals surface area contributed by atoms with Crippen LogP contribution in [0, 0.1) is 5.41 Å². The van der Waals surface area contributed by atoms with Gasteiger partial charge in [0.05, 0.1) is 12.4 Å². The van der Waals surface area contributed by atoms with Crippen LogP contribution in [0.25, 0.3) is 0 Å². The normalized spacial score (nSPS) is 13.9. The molecule has 0 radical (unpaired) electrons. The molecule has 5 heteroatoms. The van der Waals surface area contributed by atoms with Gasteiger partial charge in [0.1, 0.15) is 5.60 Å². The SMILES string of the molecule is CCCCCCCCC(C)(OC(=O)CC(=O)[O-])C(C)(C)C.[Na+]. The molecule has 0 bridgehead atoms. The van der Waals surface area contributed by atoms with E-state index in [9.17, 15) is 14.7 Å². The van der Waals surface area contributed by atoms with Crippen LogP contribution in [0.2, 0.25) is 0 Å². The maximum absolute atomic E-state index is 11.6. The Labute approximate surface area is 157 Å². The minimum Gasteiger partial charge on any atom is -0.550 e. The number of hydrogen-bond acceptors (Lipinski definition) is 4. The summed E-state index contributed by atoms with van der Waals surface area (Å²) in [5.41, 5.74) is -0.887. The molecule has 0 saturated carbocycles. The maximum Gasteiger partial charge on any atom is 1.00 e. The third-order valence-corrected chi connectivity index (χ3v) is 4.22. The van der Waals surface area contributed by atoms with Crippen LogP contribution in [0.15, 0.2) is 0 Å². The predicted octanol–water partition coefficient (Wildman–Crippen LogP) is 0.229. The molecule has 124 valence electrons. The Balaban J connectivity index is 0. The van der Waals surface area contributed by atoms with Gasteiger partial charge in [-0.2, -0.15) is 0 Å². The second-order valence-electron chi connectivity index (χ2n) is 7.02. The largest absolute Gasteiger partial charge is 1.00 e. The average molecular weight is 322 g/mol. The number of unbranched alkanes of at least 4 members (excludes halogenated alkanes) is 5. The van der Waals surface area contributed by atoms with Crippen molar-refractivity contribution in [3.05, 3.63) is 0 Å². The van der Waals surface area contributed by atoms with Gasteiger partial charge in [-0.25, -0.2) is 0 Å². The maximum atomic E-state index is 11.6. The van der Waals surface area contributed by atoms with E-state index in [2.05, 4.69) is 6.92 Å².